The van der Waals surface area contributed by atoms with E-state index in [-0.39, 0.29) is 11.4 Å². The highest BCUT2D eigenvalue weighted by atomic mass is 32.2. The Morgan fingerprint density at radius 1 is 0.833 bits per heavy atom. The second-order valence-electron chi connectivity index (χ2n) is 9.68. The number of hydrogen-bond acceptors (Lipinski definition) is 6. The van der Waals surface area contributed by atoms with Gasteiger partial charge in [-0.05, 0) is 63.3 Å². The zero-order valence-corrected chi connectivity index (χ0v) is 23.5. The van der Waals surface area contributed by atoms with Crippen LogP contribution in [0.5, 0.6) is 11.5 Å². The first kappa shape index (κ1) is 27.1. The third-order valence-corrected chi connectivity index (χ3v) is 7.89. The fourth-order valence-electron chi connectivity index (χ4n) is 4.92. The maximum atomic E-state index is 13.1. The SMILES string of the molecule is COc1cc(/C=C2/SC(=O)N(CC(=O)Nc3cccc4ccccc34)C2=O)ccc1OCc1cccc2ccccc12. The zero-order valence-electron chi connectivity index (χ0n) is 22.7. The molecule has 5 aromatic rings. The summed E-state index contributed by atoms with van der Waals surface area (Å²) in [4.78, 5) is 39.8. The molecule has 7 nitrogen and oxygen atoms in total. The van der Waals surface area contributed by atoms with Crippen molar-refractivity contribution >= 4 is 62.1 Å². The van der Waals surface area contributed by atoms with E-state index in [2.05, 4.69) is 23.5 Å². The number of benzene rings is 5. The van der Waals surface area contributed by atoms with Gasteiger partial charge in [0.15, 0.2) is 11.5 Å². The van der Waals surface area contributed by atoms with Crippen LogP contribution in [-0.4, -0.2) is 35.6 Å². The van der Waals surface area contributed by atoms with E-state index in [0.29, 0.717) is 29.4 Å². The monoisotopic (exact) mass is 574 g/mol. The second kappa shape index (κ2) is 11.8. The Morgan fingerprint density at radius 2 is 1.52 bits per heavy atom. The first-order chi connectivity index (χ1) is 20.5. The minimum atomic E-state index is -0.520. The Kier molecular flexibility index (Phi) is 7.62. The van der Waals surface area contributed by atoms with Gasteiger partial charge in [0.1, 0.15) is 13.2 Å². The molecule has 1 aliphatic rings. The zero-order chi connectivity index (χ0) is 29.1. The smallest absolute Gasteiger partial charge is 0.294 e. The Morgan fingerprint density at radius 3 is 2.31 bits per heavy atom. The van der Waals surface area contributed by atoms with Crippen LogP contribution in [0.2, 0.25) is 0 Å². The lowest BCUT2D eigenvalue weighted by Crippen LogP contribution is -2.36. The average molecular weight is 575 g/mol. The van der Waals surface area contributed by atoms with Gasteiger partial charge in [0.2, 0.25) is 5.91 Å². The van der Waals surface area contributed by atoms with Crippen LogP contribution in [0, 0.1) is 0 Å². The largest absolute Gasteiger partial charge is 0.493 e. The molecule has 1 heterocycles. The van der Waals surface area contributed by atoms with Crippen molar-refractivity contribution in [3.05, 3.63) is 119 Å². The summed E-state index contributed by atoms with van der Waals surface area (Å²) in [6.45, 7) is -0.0215. The quantitative estimate of drug-likeness (QED) is 0.197. The van der Waals surface area contributed by atoms with E-state index in [0.717, 1.165) is 43.8 Å². The summed E-state index contributed by atoms with van der Waals surface area (Å²) in [5, 5.41) is 6.44. The summed E-state index contributed by atoms with van der Waals surface area (Å²) in [5.74, 6) is 0.0797. The van der Waals surface area contributed by atoms with Crippen LogP contribution in [0.15, 0.2) is 108 Å². The lowest BCUT2D eigenvalue weighted by Gasteiger charge is -2.14. The summed E-state index contributed by atoms with van der Waals surface area (Å²) in [6, 6.07) is 32.8. The van der Waals surface area contributed by atoms with Crippen LogP contribution in [0.25, 0.3) is 27.6 Å². The van der Waals surface area contributed by atoms with E-state index in [4.69, 9.17) is 9.47 Å². The number of rotatable bonds is 8. The fourth-order valence-corrected chi connectivity index (χ4v) is 5.76. The fraction of sp³-hybridized carbons (Fsp3) is 0.0882. The Balaban J connectivity index is 1.14. The van der Waals surface area contributed by atoms with Gasteiger partial charge in [-0.3, -0.25) is 19.3 Å². The van der Waals surface area contributed by atoms with E-state index >= 15 is 0 Å². The van der Waals surface area contributed by atoms with Crippen molar-refractivity contribution in [3.63, 3.8) is 0 Å². The highest BCUT2D eigenvalue weighted by molar-refractivity contribution is 8.18. The number of hydrogen-bond donors (Lipinski definition) is 1. The number of fused-ring (bicyclic) bond motifs is 2. The molecule has 0 bridgehead atoms. The summed E-state index contributed by atoms with van der Waals surface area (Å²) in [5.41, 5.74) is 2.34. The molecular formula is C34H26N2O5S. The van der Waals surface area contributed by atoms with E-state index in [1.165, 1.54) is 0 Å². The van der Waals surface area contributed by atoms with Crippen LogP contribution >= 0.6 is 11.8 Å². The summed E-state index contributed by atoms with van der Waals surface area (Å²) < 4.78 is 11.7. The van der Waals surface area contributed by atoms with Gasteiger partial charge in [0.25, 0.3) is 11.1 Å². The number of anilines is 1. The lowest BCUT2D eigenvalue weighted by molar-refractivity contribution is -0.127. The molecule has 208 valence electrons. The minimum absolute atomic E-state index is 0.226. The van der Waals surface area contributed by atoms with Gasteiger partial charge in [0.05, 0.1) is 12.0 Å². The number of imide groups is 1. The molecule has 1 fully saturated rings. The van der Waals surface area contributed by atoms with Crippen molar-refractivity contribution in [2.75, 3.05) is 19.0 Å². The molecule has 0 atom stereocenters. The van der Waals surface area contributed by atoms with Crippen LogP contribution in [0.1, 0.15) is 11.1 Å². The molecule has 1 saturated heterocycles. The Labute approximate surface area is 246 Å². The molecule has 3 amide bonds. The third-order valence-electron chi connectivity index (χ3n) is 6.99. The maximum absolute atomic E-state index is 13.1. The average Bonchev–Trinajstić information content (AvgIpc) is 3.27. The van der Waals surface area contributed by atoms with Gasteiger partial charge < -0.3 is 14.8 Å². The van der Waals surface area contributed by atoms with E-state index in [9.17, 15) is 14.4 Å². The summed E-state index contributed by atoms with van der Waals surface area (Å²) in [7, 11) is 1.55. The maximum Gasteiger partial charge on any atom is 0.294 e. The molecule has 42 heavy (non-hydrogen) atoms. The van der Waals surface area contributed by atoms with E-state index in [1.54, 1.807) is 37.5 Å². The van der Waals surface area contributed by atoms with Crippen molar-refractivity contribution in [2.45, 2.75) is 6.61 Å². The van der Waals surface area contributed by atoms with Crippen LogP contribution in [-0.2, 0) is 16.2 Å². The van der Waals surface area contributed by atoms with Crippen molar-refractivity contribution in [3.8, 4) is 11.5 Å². The van der Waals surface area contributed by atoms with Gasteiger partial charge in [-0.2, -0.15) is 0 Å². The van der Waals surface area contributed by atoms with Crippen molar-refractivity contribution in [1.82, 2.24) is 4.90 Å². The molecule has 1 N–H and O–H groups in total. The van der Waals surface area contributed by atoms with Crippen molar-refractivity contribution in [2.24, 2.45) is 0 Å². The first-order valence-corrected chi connectivity index (χ1v) is 14.1. The number of thioether (sulfide) groups is 1. The molecule has 0 aliphatic carbocycles. The van der Waals surface area contributed by atoms with Gasteiger partial charge in [0, 0.05) is 11.1 Å². The molecule has 0 radical (unpaired) electrons. The van der Waals surface area contributed by atoms with Gasteiger partial charge in [-0.15, -0.1) is 0 Å². The second-order valence-corrected chi connectivity index (χ2v) is 10.7. The Bertz CT molecular complexity index is 1870. The van der Waals surface area contributed by atoms with Crippen molar-refractivity contribution in [1.29, 1.82) is 0 Å². The number of ether oxygens (including phenoxy) is 2. The number of nitrogens with zero attached hydrogens (tertiary/aromatic N) is 1. The molecule has 0 spiro atoms. The van der Waals surface area contributed by atoms with Gasteiger partial charge in [-0.25, -0.2) is 0 Å². The number of carbonyl (C=O) groups excluding carboxylic acids is 3. The summed E-state index contributed by atoms with van der Waals surface area (Å²) in [6.07, 6.45) is 1.62. The molecule has 6 rings (SSSR count). The molecule has 5 aromatic carbocycles. The molecule has 1 aliphatic heterocycles. The topological polar surface area (TPSA) is 84.9 Å². The minimum Gasteiger partial charge on any atom is -0.493 e. The van der Waals surface area contributed by atoms with Crippen molar-refractivity contribution < 1.29 is 23.9 Å². The predicted octanol–water partition coefficient (Wildman–Crippen LogP) is 7.26. The van der Waals surface area contributed by atoms with Crippen LogP contribution < -0.4 is 14.8 Å². The lowest BCUT2D eigenvalue weighted by atomic mass is 10.1. The third kappa shape index (κ3) is 5.57. The number of amides is 3. The molecule has 0 saturated carbocycles. The normalized spacial score (nSPS) is 14.1. The summed E-state index contributed by atoms with van der Waals surface area (Å²) >= 11 is 0.800. The first-order valence-electron chi connectivity index (χ1n) is 13.3. The predicted molar refractivity (Wildman–Crippen MR) is 167 cm³/mol. The Hall–Kier alpha value is -5.08. The number of methoxy groups -OCH3 is 1. The van der Waals surface area contributed by atoms with Crippen LogP contribution in [0.4, 0.5) is 10.5 Å². The van der Waals surface area contributed by atoms with E-state index in [1.807, 2.05) is 60.7 Å². The standard InChI is InChI=1S/C34H26N2O5S/c1-40-30-18-22(16-17-29(30)41-21-25-12-6-10-23-8-2-4-13-26(23)25)19-31-33(38)36(34(39)42-31)20-32(37)35-28-15-7-11-24-9-3-5-14-27(24)28/h2-19H,20-21H2,1H3,(H,35,37)/b31-19+. The molecule has 0 aromatic heterocycles. The number of carbonyl (C=O) groups is 3. The van der Waals surface area contributed by atoms with E-state index < -0.39 is 17.1 Å². The molecule has 8 heteroatoms. The number of nitrogens with one attached hydrogen (secondary N) is 1. The molecule has 0 unspecified atom stereocenters. The molecular weight excluding hydrogens is 548 g/mol. The van der Waals surface area contributed by atoms with Gasteiger partial charge in [-0.1, -0.05) is 84.9 Å². The highest BCUT2D eigenvalue weighted by Crippen LogP contribution is 2.35. The highest BCUT2D eigenvalue weighted by Gasteiger charge is 2.36. The van der Waals surface area contributed by atoms with Crippen LogP contribution in [0.3, 0.4) is 0 Å². The van der Waals surface area contributed by atoms with Gasteiger partial charge >= 0.3 is 0 Å².